The number of para-hydroxylation sites is 2. The normalized spacial score (nSPS) is 46.9. The number of benzene rings is 2. The Morgan fingerprint density at radius 3 is 0.648 bits per heavy atom. The van der Waals surface area contributed by atoms with Gasteiger partial charge in [0.05, 0.1) is 75.0 Å². The predicted molar refractivity (Wildman–Crippen MR) is 344 cm³/mol. The molecule has 30 aliphatic heterocycles. The molecule has 0 amide bonds. The van der Waals surface area contributed by atoms with Crippen molar-refractivity contribution in [2.75, 3.05) is 58.2 Å². The molecule has 0 unspecified atom stereocenters. The van der Waals surface area contributed by atoms with Gasteiger partial charge in [0, 0.05) is 35.2 Å². The molecular weight excluding hydrogens is 1520 g/mol. The molecule has 0 saturated carbocycles. The van der Waals surface area contributed by atoms with Crippen LogP contribution in [-0.2, 0) is 87.0 Å². The van der Waals surface area contributed by atoms with Gasteiger partial charge in [-0.1, -0.05) is 47.5 Å². The number of hydrogen-bond acceptors (Lipinski definition) is 42. The molecule has 108 heavy (non-hydrogen) atoms. The molecule has 0 aliphatic carbocycles. The zero-order valence-electron chi connectivity index (χ0n) is 56.9. The predicted octanol–water partition coefficient (Wildman–Crippen LogP) is -13.4. The number of carboxylic acid groups (broad SMARTS) is 1. The molecule has 1 radical (unpaired) electrons. The van der Waals surface area contributed by atoms with E-state index in [0.717, 1.165) is 0 Å². The fourth-order valence-electron chi connectivity index (χ4n) is 13.6. The van der Waals surface area contributed by atoms with Crippen molar-refractivity contribution in [1.82, 2.24) is 0 Å². The van der Waals surface area contributed by atoms with E-state index in [0.29, 0.717) is 27.0 Å². The quantitative estimate of drug-likeness (QED) is 0.0878. The minimum absolute atomic E-state index is 0. The Morgan fingerprint density at radius 1 is 0.287 bits per heavy atom. The second kappa shape index (κ2) is 39.6. The van der Waals surface area contributed by atoms with Crippen LogP contribution in [0.25, 0.3) is 0 Å². The van der Waals surface area contributed by atoms with Gasteiger partial charge in [-0.15, -0.1) is 0 Å². The van der Waals surface area contributed by atoms with Gasteiger partial charge in [-0.3, -0.25) is 4.79 Å². The first-order valence-electron chi connectivity index (χ1n) is 33.7. The second-order valence-corrected chi connectivity index (χ2v) is 27.2. The molecule has 2 aromatic rings. The Morgan fingerprint density at radius 2 is 0.472 bits per heavy atom. The number of aliphatic hydroxyl groups excluding tert-OH is 24. The molecule has 30 fully saturated rings. The summed E-state index contributed by atoms with van der Waals surface area (Å²) < 4.78 is 91.1. The largest absolute Gasteiger partial charge is 0.481 e. The maximum atomic E-state index is 11.4. The van der Waals surface area contributed by atoms with Crippen molar-refractivity contribution in [3.05, 3.63) is 58.1 Å². The number of halogens is 2. The summed E-state index contributed by atoms with van der Waals surface area (Å²) in [6, 6.07) is 12.3. The molecule has 46 heteroatoms. The van der Waals surface area contributed by atoms with Crippen LogP contribution in [0.5, 0.6) is 0 Å². The number of carboxylic acids is 1. The van der Waals surface area contributed by atoms with E-state index in [1.807, 2.05) is 6.07 Å². The van der Waals surface area contributed by atoms with E-state index in [-0.39, 0.29) is 36.0 Å². The van der Waals surface area contributed by atoms with Crippen molar-refractivity contribution < 1.29 is 208 Å². The Hall–Kier alpha value is -2.31. The Balaban J connectivity index is 0.000000583. The molecule has 611 valence electrons. The van der Waals surface area contributed by atoms with Gasteiger partial charge in [0.15, 0.2) is 50.3 Å². The van der Waals surface area contributed by atoms with Crippen molar-refractivity contribution in [2.45, 2.75) is 252 Å². The van der Waals surface area contributed by atoms with E-state index in [1.165, 1.54) is 0 Å². The van der Waals surface area contributed by atoms with Crippen LogP contribution in [0.4, 0.5) is 11.4 Å². The summed E-state index contributed by atoms with van der Waals surface area (Å²) in [7, 11) is 0. The third-order valence-electron chi connectivity index (χ3n) is 19.5. The Kier molecular flexibility index (Phi) is 32.8. The molecule has 30 heterocycles. The van der Waals surface area contributed by atoms with E-state index < -0.39 is 304 Å². The SMILES string of the molecule is O=C(O)Cc1ccccc1Nc1c(Cl)cccc1Cl.OC[C@H]1O[C@@H]2O[C@H]3[C@H](O)[C@@H](O)[C@@H](O[C@H]4[C@H](O)[C@@H](O)[C@@H](O[C@H]5[C@H](O)[C@@H](O)[C@@H](O[C@H]6[C@H](O)[C@@H](O)[C@@H](O[C@H]7[C@H](O)[C@@H](O)[C@@H](O[C@H]8[C@H](O)[C@@H](O)[C@@H](O[C@H]9[C@H](O)[C@@H](O)[C@@H](O[C@H]1[C@H](O)[C@H]2O)O[C@@H]9CO)O[C@@H]8CO)O[C@@H]7CO)O[C@@H]6CO)O[C@@H]5CO)O[C@@H]4CO)O[C@@H]3CO.[Na]. The van der Waals surface area contributed by atoms with Gasteiger partial charge in [-0.25, -0.2) is 0 Å². The zero-order valence-corrected chi connectivity index (χ0v) is 60.4. The van der Waals surface area contributed by atoms with E-state index >= 15 is 0 Å². The standard InChI is InChI=1S/C48H80O40.C14H11Cl2NO2.Na/c49-1-9-33-17(57)25(65)41(73-9)82-34-10(2-50)75-43(27(67)19(34)59)84-36-12(4-52)77-45(29(69)21(36)61)86-38-14(6-54)79-47(31(71)23(38)63)88-40-16(8-56)80-48(32(72)24(40)64)87-39-15(7-55)78-46(30(70)22(39)62)85-37-13(5-53)76-44(28(68)20(37)60)83-35-11(3-51)74-42(81-33)26(66)18(35)58;15-10-5-3-6-11(16)14(10)17-12-7-2-1-4-9(12)8-13(18)19;/h9-72H,1-8H2;1-7,17H,8H2,(H,18,19);/t9-,10-,11-,12-,13-,14-,15-,16-,17-,18-,19-,20-,21-,22-,23-,24-,25-,26-,27-,28-,29-,30-,31-,32-,33-,34-,35-,36-,37-,38-,39-,40-,41-,42-,43-,44-,45-,46-,47-,48-;;/m1../s1. The number of ether oxygens (including phenoxy) is 16. The first kappa shape index (κ1) is 89.6. The van der Waals surface area contributed by atoms with Crippen molar-refractivity contribution in [3.63, 3.8) is 0 Å². The molecule has 30 saturated heterocycles. The average Bonchev–Trinajstić information content (AvgIpc) is 0.774. The molecule has 43 nitrogen and oxygen atoms in total. The smallest absolute Gasteiger partial charge is 0.307 e. The fraction of sp³-hybridized carbons (Fsp3) is 0.790. The number of anilines is 2. The maximum Gasteiger partial charge on any atom is 0.307 e. The van der Waals surface area contributed by atoms with Crippen LogP contribution in [0.1, 0.15) is 5.56 Å². The van der Waals surface area contributed by atoms with Crippen molar-refractivity contribution in [1.29, 1.82) is 0 Å². The number of hydrogen-bond donors (Lipinski definition) is 26. The molecule has 2 aromatic carbocycles. The topological polar surface area (TPSA) is 683 Å². The first-order chi connectivity index (χ1) is 51.0. The summed E-state index contributed by atoms with van der Waals surface area (Å²) in [5.41, 5.74) is 1.93. The molecule has 26 N–H and O–H groups in total. The molecule has 0 aromatic heterocycles. The van der Waals surface area contributed by atoms with Gasteiger partial charge in [0.25, 0.3) is 0 Å². The van der Waals surface area contributed by atoms with Crippen LogP contribution < -0.4 is 5.32 Å². The summed E-state index contributed by atoms with van der Waals surface area (Å²) in [6.07, 6.45) is -82.0. The fourth-order valence-corrected chi connectivity index (χ4v) is 14.1. The number of carbonyl (C=O) groups is 1. The number of rotatable bonds is 12. The minimum atomic E-state index is -2.25. The number of nitrogens with one attached hydrogen (secondary N) is 1. The summed E-state index contributed by atoms with van der Waals surface area (Å²) >= 11 is 12.1. The van der Waals surface area contributed by atoms with Crippen LogP contribution >= 0.6 is 23.2 Å². The molecule has 32 rings (SSSR count). The van der Waals surface area contributed by atoms with Gasteiger partial charge in [-0.2, -0.15) is 0 Å². The van der Waals surface area contributed by atoms with Crippen molar-refractivity contribution in [3.8, 4) is 0 Å². The van der Waals surface area contributed by atoms with E-state index in [4.69, 9.17) is 104 Å². The van der Waals surface area contributed by atoms with Gasteiger partial charge in [0.2, 0.25) is 0 Å². The van der Waals surface area contributed by atoms with Crippen molar-refractivity contribution >= 4 is 70.1 Å². The summed E-state index contributed by atoms with van der Waals surface area (Å²) in [6.45, 7) is -8.64. The summed E-state index contributed by atoms with van der Waals surface area (Å²) in [5.74, 6) is -0.889. The van der Waals surface area contributed by atoms with Crippen LogP contribution in [0.3, 0.4) is 0 Å². The molecular formula is C62H91Cl2NNaO42. The zero-order chi connectivity index (χ0) is 77.9. The maximum absolute atomic E-state index is 11.4. The Labute approximate surface area is 643 Å². The summed E-state index contributed by atoms with van der Waals surface area (Å²) in [4.78, 5) is 10.8. The van der Waals surface area contributed by atoms with Crippen LogP contribution in [0.15, 0.2) is 42.5 Å². The summed E-state index contributed by atoms with van der Waals surface area (Å²) in [5, 5.41) is 278. The third kappa shape index (κ3) is 19.2. The monoisotopic (exact) mass is 1610 g/mol. The molecule has 30 aliphatic rings. The Bertz CT molecular complexity index is 2660. The van der Waals surface area contributed by atoms with Crippen LogP contribution in [-0.4, -0.2) is 462 Å². The van der Waals surface area contributed by atoms with Crippen LogP contribution in [0.2, 0.25) is 10.0 Å². The van der Waals surface area contributed by atoms with Crippen molar-refractivity contribution in [2.24, 2.45) is 0 Å². The van der Waals surface area contributed by atoms with Gasteiger partial charge in [-0.05, 0) is 23.8 Å². The first-order valence-corrected chi connectivity index (χ1v) is 34.5. The minimum Gasteiger partial charge on any atom is -0.481 e. The van der Waals surface area contributed by atoms with E-state index in [2.05, 4.69) is 5.32 Å². The van der Waals surface area contributed by atoms with Crippen LogP contribution in [0, 0.1) is 0 Å². The number of aliphatic carboxylic acids is 1. The molecule has 0 spiro atoms. The third-order valence-corrected chi connectivity index (χ3v) is 20.1. The molecule has 40 atom stereocenters. The van der Waals surface area contributed by atoms with Gasteiger partial charge in [0.1, 0.15) is 195 Å². The number of aliphatic hydroxyl groups is 24. The second-order valence-electron chi connectivity index (χ2n) is 26.4. The van der Waals surface area contributed by atoms with E-state index in [9.17, 15) is 127 Å². The average molecular weight is 1620 g/mol. The molecule has 16 bridgehead atoms. The van der Waals surface area contributed by atoms with E-state index in [1.54, 1.807) is 36.4 Å². The van der Waals surface area contributed by atoms with Gasteiger partial charge >= 0.3 is 5.97 Å². The van der Waals surface area contributed by atoms with Gasteiger partial charge < -0.3 is 209 Å².